The van der Waals surface area contributed by atoms with Crippen LogP contribution in [-0.2, 0) is 4.79 Å². The van der Waals surface area contributed by atoms with Gasteiger partial charge in [0.2, 0.25) is 5.91 Å². The van der Waals surface area contributed by atoms with Gasteiger partial charge >= 0.3 is 0 Å². The Kier molecular flexibility index (Phi) is 3.36. The second-order valence-electron chi connectivity index (χ2n) is 4.11. The molecule has 1 aliphatic heterocycles. The third-order valence-corrected chi connectivity index (χ3v) is 2.85. The minimum Gasteiger partial charge on any atom is -0.338 e. The molecule has 0 unspecified atom stereocenters. The molecule has 0 aromatic rings. The Bertz CT molecular complexity index is 437. The average molecular weight is 243 g/mol. The Balaban J connectivity index is 2.16. The lowest BCUT2D eigenvalue weighted by atomic mass is 10.2. The molecule has 1 aliphatic carbocycles. The quantitative estimate of drug-likeness (QED) is 0.730. The van der Waals surface area contributed by atoms with Crippen molar-refractivity contribution in [1.29, 1.82) is 0 Å². The van der Waals surface area contributed by atoms with Gasteiger partial charge < -0.3 is 4.90 Å². The van der Waals surface area contributed by atoms with Crippen molar-refractivity contribution in [2.45, 2.75) is 19.3 Å². The van der Waals surface area contributed by atoms with Crippen LogP contribution in [0.5, 0.6) is 0 Å². The van der Waals surface area contributed by atoms with E-state index < -0.39 is 17.5 Å². The van der Waals surface area contributed by atoms with E-state index in [1.165, 1.54) is 11.0 Å². The summed E-state index contributed by atoms with van der Waals surface area (Å²) in [6.45, 7) is 0.556. The van der Waals surface area contributed by atoms with Gasteiger partial charge in [-0.2, -0.15) is 0 Å². The number of nitrogens with zero attached hydrogens (tertiary/aromatic N) is 1. The first-order valence-electron chi connectivity index (χ1n) is 5.46. The van der Waals surface area contributed by atoms with Crippen LogP contribution >= 0.6 is 0 Å². The minimum absolute atomic E-state index is 0.0131. The van der Waals surface area contributed by atoms with E-state index in [1.807, 2.05) is 0 Å². The third-order valence-electron chi connectivity index (χ3n) is 2.85. The Morgan fingerprint density at radius 1 is 1.29 bits per heavy atom. The molecule has 0 atom stereocenters. The molecule has 1 saturated heterocycles. The Morgan fingerprint density at radius 3 is 2.71 bits per heavy atom. The van der Waals surface area contributed by atoms with Crippen LogP contribution in [0.3, 0.4) is 0 Å². The fraction of sp³-hybridized carbons (Fsp3) is 0.417. The van der Waals surface area contributed by atoms with Gasteiger partial charge in [-0.15, -0.1) is 0 Å². The summed E-state index contributed by atoms with van der Waals surface area (Å²) in [5, 5.41) is 0. The zero-order valence-electron chi connectivity index (χ0n) is 9.18. The van der Waals surface area contributed by atoms with Gasteiger partial charge in [0.1, 0.15) is 5.83 Å². The van der Waals surface area contributed by atoms with Crippen LogP contribution in [-0.4, -0.2) is 23.9 Å². The van der Waals surface area contributed by atoms with Gasteiger partial charge in [-0.25, -0.2) is 13.2 Å². The summed E-state index contributed by atoms with van der Waals surface area (Å²) in [6, 6.07) is 0. The highest BCUT2D eigenvalue weighted by atomic mass is 19.2. The molecule has 0 aromatic heterocycles. The highest BCUT2D eigenvalue weighted by molar-refractivity contribution is 5.78. The van der Waals surface area contributed by atoms with Crippen molar-refractivity contribution >= 4 is 5.91 Å². The minimum atomic E-state index is -1.21. The van der Waals surface area contributed by atoms with E-state index >= 15 is 0 Å². The van der Waals surface area contributed by atoms with Crippen molar-refractivity contribution in [2.75, 3.05) is 13.1 Å². The fourth-order valence-corrected chi connectivity index (χ4v) is 1.93. The van der Waals surface area contributed by atoms with E-state index in [-0.39, 0.29) is 24.4 Å². The van der Waals surface area contributed by atoms with Gasteiger partial charge in [-0.1, -0.05) is 6.08 Å². The molecule has 1 heterocycles. The van der Waals surface area contributed by atoms with E-state index in [0.29, 0.717) is 19.0 Å². The molecule has 5 heteroatoms. The van der Waals surface area contributed by atoms with Crippen molar-refractivity contribution in [3.05, 3.63) is 35.2 Å². The lowest BCUT2D eigenvalue weighted by Gasteiger charge is -2.16. The molecule has 2 rings (SSSR count). The number of rotatable bonds is 2. The summed E-state index contributed by atoms with van der Waals surface area (Å²) >= 11 is 0. The summed E-state index contributed by atoms with van der Waals surface area (Å²) < 4.78 is 39.6. The van der Waals surface area contributed by atoms with Crippen LogP contribution in [0.4, 0.5) is 13.2 Å². The van der Waals surface area contributed by atoms with Gasteiger partial charge in [0.25, 0.3) is 0 Å². The standard InChI is InChI=1S/C12H12F3NO/c13-9-4-3-8(12(15)10(14)6-9)7-16-5-1-2-11(16)17/h3,6H,1-2,4-5,7H2. The Labute approximate surface area is 97.1 Å². The molecule has 1 fully saturated rings. The van der Waals surface area contributed by atoms with Gasteiger partial charge in [0.05, 0.1) is 0 Å². The first-order valence-corrected chi connectivity index (χ1v) is 5.46. The molecule has 0 bridgehead atoms. The van der Waals surface area contributed by atoms with Gasteiger partial charge in [-0.3, -0.25) is 4.79 Å². The molecule has 2 aliphatic rings. The van der Waals surface area contributed by atoms with Crippen molar-refractivity contribution < 1.29 is 18.0 Å². The van der Waals surface area contributed by atoms with Crippen molar-refractivity contribution in [1.82, 2.24) is 4.90 Å². The molecule has 0 aromatic carbocycles. The third kappa shape index (κ3) is 2.60. The summed E-state index contributed by atoms with van der Waals surface area (Å²) in [7, 11) is 0. The summed E-state index contributed by atoms with van der Waals surface area (Å²) in [4.78, 5) is 12.8. The molecule has 0 N–H and O–H groups in total. The van der Waals surface area contributed by atoms with E-state index in [4.69, 9.17) is 0 Å². The Hall–Kier alpha value is -1.52. The van der Waals surface area contributed by atoms with Crippen LogP contribution in [0, 0.1) is 0 Å². The molecule has 17 heavy (non-hydrogen) atoms. The second-order valence-corrected chi connectivity index (χ2v) is 4.11. The average Bonchev–Trinajstić information content (AvgIpc) is 2.63. The predicted octanol–water partition coefficient (Wildman–Crippen LogP) is 2.94. The molecule has 0 spiro atoms. The van der Waals surface area contributed by atoms with Crippen LogP contribution < -0.4 is 0 Å². The van der Waals surface area contributed by atoms with E-state index in [9.17, 15) is 18.0 Å². The number of carbonyl (C=O) groups excluding carboxylic acids is 1. The zero-order chi connectivity index (χ0) is 12.4. The number of hydrogen-bond acceptors (Lipinski definition) is 1. The monoisotopic (exact) mass is 243 g/mol. The first-order chi connectivity index (χ1) is 8.08. The largest absolute Gasteiger partial charge is 0.338 e. The molecular formula is C12H12F3NO. The molecule has 92 valence electrons. The number of allylic oxidation sites excluding steroid dienone is 4. The maximum atomic E-state index is 13.5. The maximum absolute atomic E-state index is 13.5. The predicted molar refractivity (Wildman–Crippen MR) is 56.9 cm³/mol. The molecule has 0 radical (unpaired) electrons. The second kappa shape index (κ2) is 4.77. The number of likely N-dealkylation sites (tertiary alicyclic amines) is 1. The fourth-order valence-electron chi connectivity index (χ4n) is 1.93. The van der Waals surface area contributed by atoms with Crippen molar-refractivity contribution in [3.63, 3.8) is 0 Å². The SMILES string of the molecule is O=C1CCCN1CC1=CCC(F)=CC(F)=C1F. The summed E-state index contributed by atoms with van der Waals surface area (Å²) in [5.74, 6) is -3.08. The molecule has 0 saturated carbocycles. The molecule has 1 amide bonds. The van der Waals surface area contributed by atoms with Crippen molar-refractivity contribution in [2.24, 2.45) is 0 Å². The van der Waals surface area contributed by atoms with E-state index in [1.54, 1.807) is 0 Å². The molecular weight excluding hydrogens is 231 g/mol. The first kappa shape index (κ1) is 12.0. The van der Waals surface area contributed by atoms with Crippen LogP contribution in [0.2, 0.25) is 0 Å². The number of halogens is 3. The topological polar surface area (TPSA) is 20.3 Å². The zero-order valence-corrected chi connectivity index (χ0v) is 9.18. The van der Waals surface area contributed by atoms with E-state index in [0.717, 1.165) is 6.42 Å². The lowest BCUT2D eigenvalue weighted by Crippen LogP contribution is -2.27. The molecule has 2 nitrogen and oxygen atoms in total. The van der Waals surface area contributed by atoms with Crippen LogP contribution in [0.15, 0.2) is 35.2 Å². The van der Waals surface area contributed by atoms with Crippen LogP contribution in [0.1, 0.15) is 19.3 Å². The number of hydrogen-bond donors (Lipinski definition) is 0. The van der Waals surface area contributed by atoms with Crippen molar-refractivity contribution in [3.8, 4) is 0 Å². The highest BCUT2D eigenvalue weighted by Gasteiger charge is 2.24. The maximum Gasteiger partial charge on any atom is 0.222 e. The summed E-state index contributed by atoms with van der Waals surface area (Å²) in [5.41, 5.74) is 0.0432. The Morgan fingerprint density at radius 2 is 2.06 bits per heavy atom. The lowest BCUT2D eigenvalue weighted by molar-refractivity contribution is -0.127. The van der Waals surface area contributed by atoms with Gasteiger partial charge in [0.15, 0.2) is 11.7 Å². The van der Waals surface area contributed by atoms with Gasteiger partial charge in [0, 0.05) is 37.6 Å². The highest BCUT2D eigenvalue weighted by Crippen LogP contribution is 2.27. The number of amides is 1. The smallest absolute Gasteiger partial charge is 0.222 e. The van der Waals surface area contributed by atoms with E-state index in [2.05, 4.69) is 0 Å². The number of carbonyl (C=O) groups is 1. The van der Waals surface area contributed by atoms with Gasteiger partial charge in [-0.05, 0) is 6.42 Å². The normalized spacial score (nSPS) is 21.6. The van der Waals surface area contributed by atoms with Crippen LogP contribution in [0.25, 0.3) is 0 Å². The summed E-state index contributed by atoms with van der Waals surface area (Å²) in [6.07, 6.45) is 2.86.